The summed E-state index contributed by atoms with van der Waals surface area (Å²) in [6.07, 6.45) is 2.71. The lowest BCUT2D eigenvalue weighted by atomic mass is 9.76. The molecule has 3 nitrogen and oxygen atoms in total. The highest BCUT2D eigenvalue weighted by molar-refractivity contribution is 9.10. The van der Waals surface area contributed by atoms with Crippen LogP contribution in [0.4, 0.5) is 0 Å². The van der Waals surface area contributed by atoms with Crippen LogP contribution >= 0.6 is 15.9 Å². The summed E-state index contributed by atoms with van der Waals surface area (Å²) in [5.41, 5.74) is 6.48. The van der Waals surface area contributed by atoms with Gasteiger partial charge in [-0.2, -0.15) is 0 Å². The summed E-state index contributed by atoms with van der Waals surface area (Å²) < 4.78 is 1.19. The molecule has 0 aromatic heterocycles. The molecule has 1 fully saturated rings. The van der Waals surface area contributed by atoms with Crippen LogP contribution in [0.2, 0.25) is 0 Å². The SMILES string of the molecule is NC(=O)CCNC1CC(c2ccccc2Br)C1. The van der Waals surface area contributed by atoms with Crippen LogP contribution in [-0.2, 0) is 4.79 Å². The third-order valence-corrected chi connectivity index (χ3v) is 4.01. The topological polar surface area (TPSA) is 55.1 Å². The Bertz CT molecular complexity index is 402. The smallest absolute Gasteiger partial charge is 0.218 e. The fourth-order valence-electron chi connectivity index (χ4n) is 2.24. The second-order valence-electron chi connectivity index (χ2n) is 4.56. The number of halogens is 1. The maximum absolute atomic E-state index is 10.6. The molecule has 3 N–H and O–H groups in total. The molecule has 1 saturated carbocycles. The summed E-state index contributed by atoms with van der Waals surface area (Å²) in [5, 5.41) is 3.35. The number of hydrogen-bond acceptors (Lipinski definition) is 2. The van der Waals surface area contributed by atoms with E-state index in [4.69, 9.17) is 5.73 Å². The number of hydrogen-bond donors (Lipinski definition) is 2. The van der Waals surface area contributed by atoms with E-state index in [0.717, 1.165) is 12.8 Å². The minimum absolute atomic E-state index is 0.237. The molecule has 0 heterocycles. The van der Waals surface area contributed by atoms with Crippen LogP contribution in [0.3, 0.4) is 0 Å². The molecule has 1 aromatic carbocycles. The van der Waals surface area contributed by atoms with Crippen molar-refractivity contribution in [3.05, 3.63) is 34.3 Å². The van der Waals surface area contributed by atoms with Crippen molar-refractivity contribution in [1.82, 2.24) is 5.32 Å². The molecule has 0 aliphatic heterocycles. The monoisotopic (exact) mass is 296 g/mol. The number of carbonyl (C=O) groups excluding carboxylic acids is 1. The van der Waals surface area contributed by atoms with Gasteiger partial charge < -0.3 is 11.1 Å². The number of primary amides is 1. The molecule has 0 radical (unpaired) electrons. The highest BCUT2D eigenvalue weighted by Crippen LogP contribution is 2.39. The first-order chi connectivity index (χ1) is 8.16. The van der Waals surface area contributed by atoms with Crippen LogP contribution in [0.15, 0.2) is 28.7 Å². The Morgan fingerprint density at radius 1 is 1.41 bits per heavy atom. The Morgan fingerprint density at radius 3 is 2.76 bits per heavy atom. The van der Waals surface area contributed by atoms with Crippen LogP contribution < -0.4 is 11.1 Å². The Morgan fingerprint density at radius 2 is 2.12 bits per heavy atom. The van der Waals surface area contributed by atoms with Gasteiger partial charge in [-0.3, -0.25) is 4.79 Å². The standard InChI is InChI=1S/C13H17BrN2O/c14-12-4-2-1-3-11(12)9-7-10(8-9)16-6-5-13(15)17/h1-4,9-10,16H,5-8H2,(H2,15,17). The van der Waals surface area contributed by atoms with Gasteiger partial charge in [-0.05, 0) is 30.4 Å². The Kier molecular flexibility index (Phi) is 4.18. The molecule has 1 aliphatic rings. The molecule has 4 heteroatoms. The van der Waals surface area contributed by atoms with Gasteiger partial charge in [0.2, 0.25) is 5.91 Å². The number of benzene rings is 1. The van der Waals surface area contributed by atoms with E-state index in [1.807, 2.05) is 6.07 Å². The molecule has 0 unspecified atom stereocenters. The van der Waals surface area contributed by atoms with E-state index in [9.17, 15) is 4.79 Å². The van der Waals surface area contributed by atoms with Crippen LogP contribution in [0.25, 0.3) is 0 Å². The summed E-state index contributed by atoms with van der Waals surface area (Å²) >= 11 is 3.58. The van der Waals surface area contributed by atoms with Gasteiger partial charge >= 0.3 is 0 Å². The number of nitrogens with two attached hydrogens (primary N) is 1. The second kappa shape index (κ2) is 5.65. The molecular formula is C13H17BrN2O. The number of nitrogens with one attached hydrogen (secondary N) is 1. The Balaban J connectivity index is 1.76. The molecule has 0 saturated heterocycles. The van der Waals surface area contributed by atoms with Gasteiger partial charge in [-0.1, -0.05) is 34.1 Å². The van der Waals surface area contributed by atoms with Crippen molar-refractivity contribution in [1.29, 1.82) is 0 Å². The number of carbonyl (C=O) groups is 1. The van der Waals surface area contributed by atoms with Crippen molar-refractivity contribution in [3.63, 3.8) is 0 Å². The molecular weight excluding hydrogens is 280 g/mol. The third kappa shape index (κ3) is 3.30. The fourth-order valence-corrected chi connectivity index (χ4v) is 2.85. The third-order valence-electron chi connectivity index (χ3n) is 3.29. The summed E-state index contributed by atoms with van der Waals surface area (Å²) in [6, 6.07) is 8.91. The molecule has 92 valence electrons. The van der Waals surface area contributed by atoms with Crippen LogP contribution in [-0.4, -0.2) is 18.5 Å². The van der Waals surface area contributed by atoms with E-state index in [0.29, 0.717) is 24.9 Å². The molecule has 1 amide bonds. The molecule has 2 rings (SSSR count). The van der Waals surface area contributed by atoms with Gasteiger partial charge in [0.1, 0.15) is 0 Å². The van der Waals surface area contributed by atoms with E-state index in [2.05, 4.69) is 39.4 Å². The van der Waals surface area contributed by atoms with E-state index in [1.165, 1.54) is 10.0 Å². The quantitative estimate of drug-likeness (QED) is 0.875. The average Bonchev–Trinajstić information content (AvgIpc) is 2.23. The van der Waals surface area contributed by atoms with Gasteiger partial charge in [-0.25, -0.2) is 0 Å². The minimum atomic E-state index is -0.237. The Hall–Kier alpha value is -0.870. The first-order valence-corrected chi connectivity index (χ1v) is 6.72. The number of amides is 1. The van der Waals surface area contributed by atoms with Crippen LogP contribution in [0.5, 0.6) is 0 Å². The zero-order chi connectivity index (χ0) is 12.3. The summed E-state index contributed by atoms with van der Waals surface area (Å²) in [4.78, 5) is 10.6. The van der Waals surface area contributed by atoms with Crippen LogP contribution in [0, 0.1) is 0 Å². The zero-order valence-corrected chi connectivity index (χ0v) is 11.2. The largest absolute Gasteiger partial charge is 0.370 e. The van der Waals surface area contributed by atoms with E-state index in [-0.39, 0.29) is 5.91 Å². The van der Waals surface area contributed by atoms with Gasteiger partial charge in [0.05, 0.1) is 0 Å². The molecule has 0 spiro atoms. The molecule has 0 atom stereocenters. The predicted molar refractivity (Wildman–Crippen MR) is 71.7 cm³/mol. The van der Waals surface area contributed by atoms with E-state index in [1.54, 1.807) is 0 Å². The second-order valence-corrected chi connectivity index (χ2v) is 5.41. The molecule has 17 heavy (non-hydrogen) atoms. The Labute approximate surface area is 110 Å². The maximum atomic E-state index is 10.6. The molecule has 1 aromatic rings. The summed E-state index contributed by atoms with van der Waals surface area (Å²) in [6.45, 7) is 0.697. The van der Waals surface area contributed by atoms with E-state index >= 15 is 0 Å². The first kappa shape index (κ1) is 12.6. The highest BCUT2D eigenvalue weighted by Gasteiger charge is 2.30. The van der Waals surface area contributed by atoms with Crippen molar-refractivity contribution in [3.8, 4) is 0 Å². The molecule has 1 aliphatic carbocycles. The minimum Gasteiger partial charge on any atom is -0.370 e. The normalized spacial score (nSPS) is 23.1. The first-order valence-electron chi connectivity index (χ1n) is 5.93. The predicted octanol–water partition coefficient (Wildman–Crippen LogP) is 2.16. The van der Waals surface area contributed by atoms with Crippen molar-refractivity contribution in [2.45, 2.75) is 31.2 Å². The van der Waals surface area contributed by atoms with E-state index < -0.39 is 0 Å². The van der Waals surface area contributed by atoms with Crippen molar-refractivity contribution in [2.75, 3.05) is 6.54 Å². The lowest BCUT2D eigenvalue weighted by Crippen LogP contribution is -2.41. The highest BCUT2D eigenvalue weighted by atomic mass is 79.9. The molecule has 0 bridgehead atoms. The lowest BCUT2D eigenvalue weighted by Gasteiger charge is -2.36. The van der Waals surface area contributed by atoms with Gasteiger partial charge in [0, 0.05) is 23.5 Å². The van der Waals surface area contributed by atoms with Crippen molar-refractivity contribution >= 4 is 21.8 Å². The average molecular weight is 297 g/mol. The number of rotatable bonds is 5. The zero-order valence-electron chi connectivity index (χ0n) is 9.66. The van der Waals surface area contributed by atoms with Crippen LogP contribution in [0.1, 0.15) is 30.7 Å². The summed E-state index contributed by atoms with van der Waals surface area (Å²) in [7, 11) is 0. The fraction of sp³-hybridized carbons (Fsp3) is 0.462. The summed E-state index contributed by atoms with van der Waals surface area (Å²) in [5.74, 6) is 0.399. The van der Waals surface area contributed by atoms with Gasteiger partial charge in [0.25, 0.3) is 0 Å². The lowest BCUT2D eigenvalue weighted by molar-refractivity contribution is -0.117. The maximum Gasteiger partial charge on any atom is 0.218 e. The van der Waals surface area contributed by atoms with Crippen molar-refractivity contribution in [2.24, 2.45) is 5.73 Å². The van der Waals surface area contributed by atoms with Gasteiger partial charge in [0.15, 0.2) is 0 Å². The van der Waals surface area contributed by atoms with Crippen molar-refractivity contribution < 1.29 is 4.79 Å². The van der Waals surface area contributed by atoms with Gasteiger partial charge in [-0.15, -0.1) is 0 Å².